The summed E-state index contributed by atoms with van der Waals surface area (Å²) in [7, 11) is -4.00. The Kier molecular flexibility index (Phi) is 6.67. The number of ether oxygens (including phenoxy) is 1. The molecule has 1 N–H and O–H groups in total. The van der Waals surface area contributed by atoms with E-state index in [1.165, 1.54) is 24.4 Å². The second-order valence-corrected chi connectivity index (χ2v) is 7.04. The summed E-state index contributed by atoms with van der Waals surface area (Å²) < 4.78 is 29.9. The van der Waals surface area contributed by atoms with Crippen molar-refractivity contribution in [3.8, 4) is 5.75 Å². The third-order valence-corrected chi connectivity index (χ3v) is 4.57. The van der Waals surface area contributed by atoms with E-state index in [0.717, 1.165) is 18.9 Å². The molecule has 0 aliphatic carbocycles. The highest BCUT2D eigenvalue weighted by Crippen LogP contribution is 2.17. The molecule has 0 bridgehead atoms. The van der Waals surface area contributed by atoms with Crippen molar-refractivity contribution in [3.63, 3.8) is 0 Å². The van der Waals surface area contributed by atoms with Crippen molar-refractivity contribution in [3.05, 3.63) is 64.2 Å². The monoisotopic (exact) mass is 377 g/mol. The summed E-state index contributed by atoms with van der Waals surface area (Å²) in [4.78, 5) is 11.9. The van der Waals surface area contributed by atoms with Crippen molar-refractivity contribution in [1.82, 2.24) is 4.83 Å². The average molecular weight is 377 g/mol. The van der Waals surface area contributed by atoms with Crippen LogP contribution in [0.25, 0.3) is 0 Å². The molecule has 0 fully saturated rings. The molecule has 9 heteroatoms. The number of hydrogen-bond acceptors (Lipinski definition) is 6. The van der Waals surface area contributed by atoms with Crippen LogP contribution in [0.3, 0.4) is 0 Å². The summed E-state index contributed by atoms with van der Waals surface area (Å²) in [5.74, 6) is 0.670. The van der Waals surface area contributed by atoms with Gasteiger partial charge in [-0.05, 0) is 30.2 Å². The standard InChI is InChI=1S/C17H19N3O5S/c1-2-3-10-25-16-8-4-6-14(11-16)13-18-19-26(23,24)17-9-5-7-15(12-17)20(21)22/h4-9,11-13,19H,2-3,10H2,1H3/b18-13+. The van der Waals surface area contributed by atoms with E-state index in [-0.39, 0.29) is 10.6 Å². The molecule has 26 heavy (non-hydrogen) atoms. The van der Waals surface area contributed by atoms with Gasteiger partial charge in [-0.2, -0.15) is 13.5 Å². The Bertz CT molecular complexity index is 897. The van der Waals surface area contributed by atoms with Gasteiger partial charge in [0.05, 0.1) is 22.6 Å². The van der Waals surface area contributed by atoms with Crippen LogP contribution < -0.4 is 9.57 Å². The maximum atomic E-state index is 12.2. The van der Waals surface area contributed by atoms with Crippen LogP contribution in [0, 0.1) is 10.1 Å². The maximum Gasteiger partial charge on any atom is 0.276 e. The van der Waals surface area contributed by atoms with E-state index in [1.807, 2.05) is 4.83 Å². The van der Waals surface area contributed by atoms with Crippen molar-refractivity contribution in [2.75, 3.05) is 6.61 Å². The number of hydrogen-bond donors (Lipinski definition) is 1. The number of hydrazone groups is 1. The van der Waals surface area contributed by atoms with Gasteiger partial charge in [0.15, 0.2) is 0 Å². The molecule has 0 aromatic heterocycles. The Hall–Kier alpha value is -2.94. The first-order chi connectivity index (χ1) is 12.4. The van der Waals surface area contributed by atoms with Crippen LogP contribution in [-0.2, 0) is 10.0 Å². The molecule has 0 unspecified atom stereocenters. The minimum absolute atomic E-state index is 0.236. The third kappa shape index (κ3) is 5.55. The molecule has 0 aliphatic heterocycles. The number of nitro groups is 1. The Balaban J connectivity index is 2.06. The van der Waals surface area contributed by atoms with Crippen LogP contribution in [0.1, 0.15) is 25.3 Å². The third-order valence-electron chi connectivity index (χ3n) is 3.35. The van der Waals surface area contributed by atoms with E-state index in [0.29, 0.717) is 17.9 Å². The van der Waals surface area contributed by atoms with Crippen LogP contribution in [0.15, 0.2) is 58.5 Å². The molecular weight excluding hydrogens is 358 g/mol. The zero-order chi connectivity index (χ0) is 19.0. The van der Waals surface area contributed by atoms with Crippen molar-refractivity contribution >= 4 is 21.9 Å². The number of nitrogens with one attached hydrogen (secondary N) is 1. The van der Waals surface area contributed by atoms with Crippen molar-refractivity contribution < 1.29 is 18.1 Å². The fourth-order valence-corrected chi connectivity index (χ4v) is 2.84. The Labute approximate surface area is 151 Å². The molecule has 0 atom stereocenters. The van der Waals surface area contributed by atoms with E-state index >= 15 is 0 Å². The highest BCUT2D eigenvalue weighted by atomic mass is 32.2. The molecule has 0 amide bonds. The van der Waals surface area contributed by atoms with Gasteiger partial charge in [0.25, 0.3) is 15.7 Å². The number of nitro benzene ring substituents is 1. The topological polar surface area (TPSA) is 111 Å². The van der Waals surface area contributed by atoms with Gasteiger partial charge in [0.1, 0.15) is 5.75 Å². The number of sulfonamides is 1. The minimum Gasteiger partial charge on any atom is -0.494 e. The maximum absolute atomic E-state index is 12.2. The van der Waals surface area contributed by atoms with E-state index in [1.54, 1.807) is 24.3 Å². The molecule has 2 rings (SSSR count). The number of unbranched alkanes of at least 4 members (excludes halogenated alkanes) is 1. The molecule has 8 nitrogen and oxygen atoms in total. The van der Waals surface area contributed by atoms with Crippen molar-refractivity contribution in [2.24, 2.45) is 5.10 Å². The van der Waals surface area contributed by atoms with Gasteiger partial charge in [-0.25, -0.2) is 4.83 Å². The van der Waals surface area contributed by atoms with Gasteiger partial charge in [0, 0.05) is 12.1 Å². The van der Waals surface area contributed by atoms with E-state index < -0.39 is 14.9 Å². The van der Waals surface area contributed by atoms with Gasteiger partial charge in [-0.1, -0.05) is 31.5 Å². The second-order valence-electron chi connectivity index (χ2n) is 5.38. The largest absolute Gasteiger partial charge is 0.494 e. The van der Waals surface area contributed by atoms with E-state index in [9.17, 15) is 18.5 Å². The number of benzene rings is 2. The average Bonchev–Trinajstić information content (AvgIpc) is 2.62. The van der Waals surface area contributed by atoms with Crippen LogP contribution in [0.5, 0.6) is 5.75 Å². The Morgan fingerprint density at radius 1 is 1.23 bits per heavy atom. The molecule has 0 saturated heterocycles. The molecule has 2 aromatic carbocycles. The fraction of sp³-hybridized carbons (Fsp3) is 0.235. The Morgan fingerprint density at radius 2 is 2.00 bits per heavy atom. The minimum atomic E-state index is -4.00. The summed E-state index contributed by atoms with van der Waals surface area (Å²) in [5, 5.41) is 14.5. The normalized spacial score (nSPS) is 11.4. The highest BCUT2D eigenvalue weighted by Gasteiger charge is 2.16. The molecular formula is C17H19N3O5S. The molecule has 138 valence electrons. The molecule has 0 aliphatic rings. The first-order valence-corrected chi connectivity index (χ1v) is 9.43. The summed E-state index contributed by atoms with van der Waals surface area (Å²) in [5.41, 5.74) is 0.342. The fourth-order valence-electron chi connectivity index (χ4n) is 2.01. The van der Waals surface area contributed by atoms with Crippen LogP contribution in [-0.4, -0.2) is 26.2 Å². The quantitative estimate of drug-likeness (QED) is 0.312. The lowest BCUT2D eigenvalue weighted by Crippen LogP contribution is -2.18. The molecule has 2 aromatic rings. The second kappa shape index (κ2) is 8.95. The smallest absolute Gasteiger partial charge is 0.276 e. The van der Waals surface area contributed by atoms with Gasteiger partial charge in [-0.3, -0.25) is 10.1 Å². The summed E-state index contributed by atoms with van der Waals surface area (Å²) in [6.45, 7) is 2.68. The zero-order valence-electron chi connectivity index (χ0n) is 14.2. The molecule has 0 saturated carbocycles. The number of nitrogens with zero attached hydrogens (tertiary/aromatic N) is 2. The van der Waals surface area contributed by atoms with Crippen molar-refractivity contribution in [2.45, 2.75) is 24.7 Å². The van der Waals surface area contributed by atoms with Gasteiger partial charge in [0.2, 0.25) is 0 Å². The van der Waals surface area contributed by atoms with Gasteiger partial charge >= 0.3 is 0 Å². The van der Waals surface area contributed by atoms with Crippen LogP contribution >= 0.6 is 0 Å². The lowest BCUT2D eigenvalue weighted by Gasteiger charge is -2.06. The zero-order valence-corrected chi connectivity index (χ0v) is 15.0. The molecule has 0 heterocycles. The predicted molar refractivity (Wildman–Crippen MR) is 97.9 cm³/mol. The number of non-ortho nitro benzene ring substituents is 1. The summed E-state index contributed by atoms with van der Waals surface area (Å²) >= 11 is 0. The Morgan fingerprint density at radius 3 is 2.73 bits per heavy atom. The lowest BCUT2D eigenvalue weighted by molar-refractivity contribution is -0.385. The number of rotatable bonds is 9. The highest BCUT2D eigenvalue weighted by molar-refractivity contribution is 7.89. The van der Waals surface area contributed by atoms with Crippen LogP contribution in [0.4, 0.5) is 5.69 Å². The van der Waals surface area contributed by atoms with Crippen LogP contribution in [0.2, 0.25) is 0 Å². The molecule has 0 radical (unpaired) electrons. The first kappa shape index (κ1) is 19.4. The summed E-state index contributed by atoms with van der Waals surface area (Å²) in [6.07, 6.45) is 3.31. The van der Waals surface area contributed by atoms with Gasteiger partial charge in [-0.15, -0.1) is 0 Å². The van der Waals surface area contributed by atoms with E-state index in [4.69, 9.17) is 4.74 Å². The SMILES string of the molecule is CCCCOc1cccc(/C=N/NS(=O)(=O)c2cccc([N+](=O)[O-])c2)c1. The van der Waals surface area contributed by atoms with Crippen molar-refractivity contribution in [1.29, 1.82) is 0 Å². The predicted octanol–water partition coefficient (Wildman–Crippen LogP) is 3.09. The first-order valence-electron chi connectivity index (χ1n) is 7.94. The lowest BCUT2D eigenvalue weighted by atomic mass is 10.2. The molecule has 0 spiro atoms. The van der Waals surface area contributed by atoms with E-state index in [2.05, 4.69) is 12.0 Å². The van der Waals surface area contributed by atoms with Gasteiger partial charge < -0.3 is 4.74 Å². The summed E-state index contributed by atoms with van der Waals surface area (Å²) in [6, 6.07) is 11.8.